The lowest BCUT2D eigenvalue weighted by Gasteiger charge is -2.35. The summed E-state index contributed by atoms with van der Waals surface area (Å²) in [5, 5.41) is 17.2. The molecule has 4 heterocycles. The van der Waals surface area contributed by atoms with Crippen molar-refractivity contribution in [2.75, 3.05) is 27.3 Å². The Bertz CT molecular complexity index is 3470. The molecule has 0 aliphatic carbocycles. The Hall–Kier alpha value is -8.98. The lowest BCUT2D eigenvalue weighted by Crippen LogP contribution is -2.57. The maximum absolute atomic E-state index is 14.0. The number of aliphatic carboxylic acids is 1. The molecule has 2 fully saturated rings. The van der Waals surface area contributed by atoms with E-state index in [-0.39, 0.29) is 51.8 Å². The molecular formula is C68H90N8O13. The van der Waals surface area contributed by atoms with E-state index < -0.39 is 76.3 Å². The van der Waals surface area contributed by atoms with Gasteiger partial charge < -0.3 is 54.4 Å². The number of esters is 2. The molecule has 4 aromatic carbocycles. The van der Waals surface area contributed by atoms with E-state index in [1.54, 1.807) is 74.5 Å². The van der Waals surface area contributed by atoms with Crippen LogP contribution in [0, 0.1) is 10.8 Å². The molecule has 6 atom stereocenters. The van der Waals surface area contributed by atoms with E-state index in [1.807, 2.05) is 118 Å². The van der Waals surface area contributed by atoms with Crippen LogP contribution in [0.3, 0.4) is 0 Å². The van der Waals surface area contributed by atoms with Gasteiger partial charge in [0.05, 0.1) is 42.8 Å². The van der Waals surface area contributed by atoms with Crippen LogP contribution in [0.1, 0.15) is 122 Å². The van der Waals surface area contributed by atoms with E-state index in [0.29, 0.717) is 41.3 Å². The lowest BCUT2D eigenvalue weighted by molar-refractivity contribution is -0.152. The molecule has 2 aliphatic rings. The van der Waals surface area contributed by atoms with Crippen molar-refractivity contribution in [2.24, 2.45) is 10.8 Å². The third kappa shape index (κ3) is 20.3. The van der Waals surface area contributed by atoms with Gasteiger partial charge in [-0.25, -0.2) is 39.1 Å². The molecule has 4 N–H and O–H groups in total. The first-order chi connectivity index (χ1) is 40.8. The van der Waals surface area contributed by atoms with Crippen molar-refractivity contribution in [1.29, 1.82) is 0 Å². The van der Waals surface area contributed by atoms with Gasteiger partial charge in [-0.1, -0.05) is 142 Å². The summed E-state index contributed by atoms with van der Waals surface area (Å²) in [5.41, 5.74) is 5.05. The van der Waals surface area contributed by atoms with Crippen LogP contribution in [-0.2, 0) is 38.1 Å². The largest absolute Gasteiger partial charge is 0.480 e. The zero-order chi connectivity index (χ0) is 64.2. The number of carbonyl (C=O) groups is 6. The average Bonchev–Trinajstić information content (AvgIpc) is 3.34. The number of nitrogens with zero attached hydrogens (tertiary/aromatic N) is 5. The number of para-hydroxylation sites is 4. The number of amides is 3. The van der Waals surface area contributed by atoms with Crippen molar-refractivity contribution < 1.29 is 62.3 Å². The first-order valence-corrected chi connectivity index (χ1v) is 28.5. The van der Waals surface area contributed by atoms with Crippen LogP contribution in [0.2, 0.25) is 0 Å². The first kappa shape index (κ1) is 72.5. The van der Waals surface area contributed by atoms with Crippen molar-refractivity contribution in [2.45, 2.75) is 158 Å². The fourth-order valence-corrected chi connectivity index (χ4v) is 9.36. The molecule has 2 saturated heterocycles. The number of benzene rings is 4. The summed E-state index contributed by atoms with van der Waals surface area (Å²) < 4.78 is 32.9. The van der Waals surface area contributed by atoms with Gasteiger partial charge in [-0.2, -0.15) is 0 Å². The van der Waals surface area contributed by atoms with Crippen LogP contribution in [0.4, 0.5) is 9.59 Å². The normalized spacial score (nSPS) is 17.0. The fourth-order valence-electron chi connectivity index (χ4n) is 9.36. The second-order valence-corrected chi connectivity index (χ2v) is 25.1. The van der Waals surface area contributed by atoms with Crippen LogP contribution in [0.25, 0.3) is 56.7 Å². The highest BCUT2D eigenvalue weighted by atomic mass is 16.6. The van der Waals surface area contributed by atoms with Crippen molar-refractivity contribution >= 4 is 70.2 Å². The van der Waals surface area contributed by atoms with E-state index in [2.05, 4.69) is 29.1 Å². The number of carboxylic acids is 1. The number of alkyl carbamates (subject to hydrolysis) is 2. The molecule has 2 aliphatic heterocycles. The fraction of sp³-hybridized carbons (Fsp3) is 0.441. The summed E-state index contributed by atoms with van der Waals surface area (Å²) in [6.07, 6.45) is 2.00. The van der Waals surface area contributed by atoms with Crippen LogP contribution in [0.5, 0.6) is 11.8 Å². The SMILES string of the molecule is C.C.C=Cc1cccc(-c2nc3ccccc3nc2O[C@@H]2C[C@@H](C(=O)OC)N(C(=O)[C@@H](NC(=O)OC(C)(C)C)C(C)(C)C)C2)c1.C=Cc1cccc(-c2nc3ccccc3nc2O[C@H]2CN[C@H](C(=O)OC)C2)c1.CC(C)(C)OC(=O)N[C@H](C(=O)O)C(C)(C)C. The topological polar surface area (TPSA) is 269 Å². The summed E-state index contributed by atoms with van der Waals surface area (Å²) in [6.45, 7) is 29.4. The van der Waals surface area contributed by atoms with Gasteiger partial charge >= 0.3 is 30.1 Å². The molecule has 6 aromatic rings. The van der Waals surface area contributed by atoms with E-state index in [4.69, 9.17) is 53.5 Å². The van der Waals surface area contributed by atoms with Gasteiger partial charge in [0.25, 0.3) is 0 Å². The van der Waals surface area contributed by atoms with E-state index in [0.717, 1.165) is 33.3 Å². The van der Waals surface area contributed by atoms with Gasteiger partial charge in [0.2, 0.25) is 17.7 Å². The lowest BCUT2D eigenvalue weighted by atomic mass is 9.85. The molecule has 21 nitrogen and oxygen atoms in total. The Balaban J connectivity index is 0.000000315. The monoisotopic (exact) mass is 1230 g/mol. The molecular weight excluding hydrogens is 1140 g/mol. The van der Waals surface area contributed by atoms with Crippen molar-refractivity contribution in [3.63, 3.8) is 0 Å². The second kappa shape index (κ2) is 30.8. The highest BCUT2D eigenvalue weighted by Crippen LogP contribution is 2.35. The molecule has 0 bridgehead atoms. The maximum atomic E-state index is 14.0. The van der Waals surface area contributed by atoms with Crippen LogP contribution >= 0.6 is 0 Å². The molecule has 0 unspecified atom stereocenters. The van der Waals surface area contributed by atoms with Crippen molar-refractivity contribution in [3.8, 4) is 34.3 Å². The van der Waals surface area contributed by atoms with Crippen LogP contribution in [0.15, 0.2) is 110 Å². The molecule has 3 amide bonds. The molecule has 480 valence electrons. The number of fused-ring (bicyclic) bond motifs is 2. The van der Waals surface area contributed by atoms with Gasteiger partial charge in [-0.3, -0.25) is 9.59 Å². The standard InChI is InChI=1S/C33H40N4O6.C22H21N3O3.C11H21NO4.2CH4/c1-9-20-13-12-14-21(17-20)26-28(35-24-16-11-10-15-23(24)34-26)42-22-18-25(30(39)41-8)37(19-22)29(38)27(32(2,3)4)36-31(40)43-33(5,6)7;1-3-14-7-6-8-15(11-14)20-21(25-18-10-5-4-9-17(18)24-20)28-16-12-19(23-13-16)22(26)27-2;1-10(2,3)7(8(13)14)12-9(15)16-11(4,5)6;;/h9-17,22,25,27H,1,18-19H2,2-8H3,(H,36,40);3-11,16,19,23H,1,12-13H2,2H3;7H,1-6H3,(H,12,15)(H,13,14);2*1H4/t22-,25+,27-;16-,19+;7-;;/m111../s1. The minimum atomic E-state index is -1.07. The van der Waals surface area contributed by atoms with Gasteiger partial charge in [0, 0.05) is 30.5 Å². The van der Waals surface area contributed by atoms with Gasteiger partial charge in [0.1, 0.15) is 59.0 Å². The Morgan fingerprint density at radius 3 is 1.39 bits per heavy atom. The Morgan fingerprint density at radius 2 is 1.00 bits per heavy atom. The van der Waals surface area contributed by atoms with Crippen molar-refractivity contribution in [3.05, 3.63) is 121 Å². The summed E-state index contributed by atoms with van der Waals surface area (Å²) in [6, 6.07) is 27.5. The molecule has 0 saturated carbocycles. The summed E-state index contributed by atoms with van der Waals surface area (Å²) in [5.74, 6) is -1.64. The summed E-state index contributed by atoms with van der Waals surface area (Å²) in [4.78, 5) is 94.3. The molecule has 89 heavy (non-hydrogen) atoms. The van der Waals surface area contributed by atoms with Gasteiger partial charge in [-0.05, 0) is 99.9 Å². The maximum Gasteiger partial charge on any atom is 0.408 e. The summed E-state index contributed by atoms with van der Waals surface area (Å²) in [7, 11) is 2.66. The number of hydrogen-bond acceptors (Lipinski definition) is 17. The number of aromatic nitrogens is 4. The predicted octanol–water partition coefficient (Wildman–Crippen LogP) is 11.9. The number of nitrogens with one attached hydrogen (secondary N) is 3. The molecule has 8 rings (SSSR count). The van der Waals surface area contributed by atoms with E-state index >= 15 is 0 Å². The van der Waals surface area contributed by atoms with Gasteiger partial charge in [0.15, 0.2) is 0 Å². The Kier molecular flexibility index (Phi) is 25.1. The zero-order valence-electron chi connectivity index (χ0n) is 52.2. The molecule has 0 radical (unpaired) electrons. The third-order valence-corrected chi connectivity index (χ3v) is 13.6. The minimum absolute atomic E-state index is 0. The highest BCUT2D eigenvalue weighted by molar-refractivity contribution is 5.91. The number of carboxylic acid groups (broad SMARTS) is 1. The number of methoxy groups -OCH3 is 2. The minimum Gasteiger partial charge on any atom is -0.480 e. The molecule has 21 heteroatoms. The number of ether oxygens (including phenoxy) is 6. The summed E-state index contributed by atoms with van der Waals surface area (Å²) >= 11 is 0. The van der Waals surface area contributed by atoms with Crippen molar-refractivity contribution in [1.82, 2.24) is 40.8 Å². The number of likely N-dealkylation sites (tertiary alicyclic amines) is 1. The molecule has 0 spiro atoms. The molecule has 2 aromatic heterocycles. The van der Waals surface area contributed by atoms with Crippen LogP contribution < -0.4 is 25.4 Å². The quantitative estimate of drug-likeness (QED) is 0.0583. The predicted molar refractivity (Wildman–Crippen MR) is 346 cm³/mol. The van der Waals surface area contributed by atoms with Gasteiger partial charge in [-0.15, -0.1) is 0 Å². The van der Waals surface area contributed by atoms with E-state index in [1.165, 1.54) is 19.1 Å². The first-order valence-electron chi connectivity index (χ1n) is 28.5. The smallest absolute Gasteiger partial charge is 0.408 e. The third-order valence-electron chi connectivity index (χ3n) is 13.6. The second-order valence-electron chi connectivity index (χ2n) is 25.1. The Morgan fingerprint density at radius 1 is 0.584 bits per heavy atom. The zero-order valence-corrected chi connectivity index (χ0v) is 52.2. The number of carbonyl (C=O) groups excluding carboxylic acids is 5. The highest BCUT2D eigenvalue weighted by Gasteiger charge is 2.47. The average molecular weight is 1230 g/mol. The van der Waals surface area contributed by atoms with Crippen LogP contribution in [-0.4, -0.2) is 141 Å². The number of hydrogen-bond donors (Lipinski definition) is 4. The van der Waals surface area contributed by atoms with E-state index in [9.17, 15) is 28.8 Å². The number of rotatable bonds is 14. The Labute approximate surface area is 523 Å².